The Morgan fingerprint density at radius 2 is 1.73 bits per heavy atom. The van der Waals surface area contributed by atoms with Gasteiger partial charge in [0, 0.05) is 19.7 Å². The summed E-state index contributed by atoms with van der Waals surface area (Å²) in [6.45, 7) is 0.489. The van der Waals surface area contributed by atoms with E-state index in [9.17, 15) is 14.7 Å². The topological polar surface area (TPSA) is 115 Å². The molecule has 1 heterocycles. The summed E-state index contributed by atoms with van der Waals surface area (Å²) in [5.41, 5.74) is 2.25. The van der Waals surface area contributed by atoms with E-state index in [4.69, 9.17) is 18.6 Å². The maximum atomic E-state index is 12.7. The number of carboxylic acids is 1. The van der Waals surface area contributed by atoms with Gasteiger partial charge in [-0.25, -0.2) is 4.79 Å². The molecule has 4 rings (SSSR count). The Morgan fingerprint density at radius 3 is 2.46 bits per heavy atom. The zero-order chi connectivity index (χ0) is 26.2. The molecular weight excluding hydrogens is 478 g/mol. The van der Waals surface area contributed by atoms with Crippen LogP contribution < -0.4 is 19.1 Å². The number of rotatable bonds is 11. The highest BCUT2D eigenvalue weighted by atomic mass is 16.6. The highest BCUT2D eigenvalue weighted by Crippen LogP contribution is 2.22. The summed E-state index contributed by atoms with van der Waals surface area (Å²) >= 11 is 0. The number of aliphatic carboxylic acids is 1. The van der Waals surface area contributed by atoms with E-state index in [1.807, 2.05) is 36.2 Å². The first kappa shape index (κ1) is 25.4. The number of nitrogens with zero attached hydrogens (tertiary/aromatic N) is 3. The number of aromatic nitrogens is 1. The van der Waals surface area contributed by atoms with Crippen LogP contribution in [0.4, 0.5) is 10.8 Å². The van der Waals surface area contributed by atoms with Gasteiger partial charge in [-0.3, -0.25) is 9.69 Å². The predicted octanol–water partition coefficient (Wildman–Crippen LogP) is 4.44. The van der Waals surface area contributed by atoms with Crippen LogP contribution in [-0.2, 0) is 11.3 Å². The van der Waals surface area contributed by atoms with Gasteiger partial charge in [0.25, 0.3) is 6.01 Å². The molecule has 0 aliphatic rings. The van der Waals surface area contributed by atoms with Crippen molar-refractivity contribution >= 4 is 29.2 Å². The number of carbonyl (C=O) groups excluding carboxylic acids is 1. The van der Waals surface area contributed by atoms with E-state index in [1.54, 1.807) is 48.5 Å². The predicted molar refractivity (Wildman–Crippen MR) is 136 cm³/mol. The smallest absolute Gasteiger partial charge is 0.416 e. The molecule has 0 fully saturated rings. The van der Waals surface area contributed by atoms with Crippen molar-refractivity contribution in [3.05, 3.63) is 78.4 Å². The van der Waals surface area contributed by atoms with E-state index in [1.165, 1.54) is 7.11 Å². The Labute approximate surface area is 213 Å². The average Bonchev–Trinajstić information content (AvgIpc) is 3.34. The maximum absolute atomic E-state index is 12.7. The number of oxazole rings is 1. The van der Waals surface area contributed by atoms with E-state index in [-0.39, 0.29) is 12.3 Å². The van der Waals surface area contributed by atoms with Gasteiger partial charge in [0.05, 0.1) is 13.7 Å². The van der Waals surface area contributed by atoms with Crippen molar-refractivity contribution in [2.45, 2.75) is 6.54 Å². The number of fused-ring (bicyclic) bond motifs is 1. The van der Waals surface area contributed by atoms with Gasteiger partial charge in [-0.2, -0.15) is 4.98 Å². The Morgan fingerprint density at radius 1 is 0.973 bits per heavy atom. The van der Waals surface area contributed by atoms with E-state index in [0.717, 1.165) is 21.6 Å². The third-order valence-corrected chi connectivity index (χ3v) is 5.43. The number of likely N-dealkylation sites (N-methyl/N-ethyl adjacent to an activating group) is 1. The molecule has 0 aliphatic carbocycles. The highest BCUT2D eigenvalue weighted by Gasteiger charge is 2.20. The van der Waals surface area contributed by atoms with Crippen LogP contribution in [0.15, 0.2) is 77.2 Å². The van der Waals surface area contributed by atoms with Gasteiger partial charge in [0.2, 0.25) is 0 Å². The van der Waals surface area contributed by atoms with Crippen molar-refractivity contribution in [1.82, 2.24) is 9.88 Å². The Kier molecular flexibility index (Phi) is 8.09. The molecule has 4 aromatic rings. The lowest BCUT2D eigenvalue weighted by atomic mass is 10.2. The summed E-state index contributed by atoms with van der Waals surface area (Å²) in [7, 11) is 3.38. The molecule has 1 amide bonds. The molecule has 1 aromatic heterocycles. The molecule has 10 heteroatoms. The number of carbonyl (C=O) groups is 2. The van der Waals surface area contributed by atoms with Gasteiger partial charge >= 0.3 is 12.1 Å². The fraction of sp³-hybridized carbons (Fsp3) is 0.222. The first-order valence-corrected chi connectivity index (χ1v) is 11.5. The third kappa shape index (κ3) is 6.91. The molecule has 0 aliphatic heterocycles. The van der Waals surface area contributed by atoms with Gasteiger partial charge in [0.15, 0.2) is 5.58 Å². The minimum absolute atomic E-state index is 0.0514. The molecule has 0 spiro atoms. The zero-order valence-electron chi connectivity index (χ0n) is 20.5. The molecule has 10 nitrogen and oxygen atoms in total. The summed E-state index contributed by atoms with van der Waals surface area (Å²) in [6.07, 6.45) is -0.779. The fourth-order valence-electron chi connectivity index (χ4n) is 3.51. The highest BCUT2D eigenvalue weighted by molar-refractivity contribution is 5.78. The molecule has 0 radical (unpaired) electrons. The molecule has 0 unspecified atom stereocenters. The van der Waals surface area contributed by atoms with Crippen LogP contribution in [0.1, 0.15) is 5.56 Å². The summed E-state index contributed by atoms with van der Waals surface area (Å²) in [6, 6.07) is 21.7. The van der Waals surface area contributed by atoms with E-state index >= 15 is 0 Å². The van der Waals surface area contributed by atoms with Crippen LogP contribution in [0, 0.1) is 0 Å². The Bertz CT molecular complexity index is 1320. The molecular formula is C27H27N3O7. The first-order chi connectivity index (χ1) is 17.9. The lowest BCUT2D eigenvalue weighted by molar-refractivity contribution is -0.138. The van der Waals surface area contributed by atoms with Crippen molar-refractivity contribution in [1.29, 1.82) is 0 Å². The second kappa shape index (κ2) is 11.8. The molecule has 0 saturated heterocycles. The van der Waals surface area contributed by atoms with E-state index in [2.05, 4.69) is 4.98 Å². The first-order valence-electron chi connectivity index (χ1n) is 11.5. The van der Waals surface area contributed by atoms with Crippen LogP contribution in [0.2, 0.25) is 0 Å². The van der Waals surface area contributed by atoms with Crippen LogP contribution in [0.3, 0.4) is 0 Å². The summed E-state index contributed by atoms with van der Waals surface area (Å²) in [5.74, 6) is 0.265. The van der Waals surface area contributed by atoms with Crippen molar-refractivity contribution < 1.29 is 33.3 Å². The number of anilines is 1. The molecule has 0 saturated carbocycles. The maximum Gasteiger partial charge on any atom is 0.416 e. The minimum atomic E-state index is -1.15. The second-order valence-corrected chi connectivity index (χ2v) is 8.17. The van der Waals surface area contributed by atoms with Crippen molar-refractivity contribution in [3.8, 4) is 17.2 Å². The van der Waals surface area contributed by atoms with Crippen LogP contribution in [0.25, 0.3) is 11.1 Å². The van der Waals surface area contributed by atoms with Gasteiger partial charge in [0.1, 0.15) is 35.9 Å². The molecule has 37 heavy (non-hydrogen) atoms. The van der Waals surface area contributed by atoms with Crippen LogP contribution >= 0.6 is 0 Å². The average molecular weight is 506 g/mol. The lowest BCUT2D eigenvalue weighted by Gasteiger charge is -2.20. The minimum Gasteiger partial charge on any atom is -0.497 e. The number of para-hydroxylation sites is 2. The SMILES string of the molecule is COc1cccc(OC(=O)N(CC(=O)O)Cc2ccc(OCCN(C)c3nc4ccccc4o3)cc2)c1. The summed E-state index contributed by atoms with van der Waals surface area (Å²) < 4.78 is 22.0. The monoisotopic (exact) mass is 505 g/mol. The van der Waals surface area contributed by atoms with E-state index in [0.29, 0.717) is 30.7 Å². The molecule has 192 valence electrons. The van der Waals surface area contributed by atoms with Gasteiger partial charge in [-0.05, 0) is 42.0 Å². The van der Waals surface area contributed by atoms with Crippen molar-refractivity contribution in [3.63, 3.8) is 0 Å². The molecule has 3 aromatic carbocycles. The largest absolute Gasteiger partial charge is 0.497 e. The van der Waals surface area contributed by atoms with Gasteiger partial charge in [-0.1, -0.05) is 30.3 Å². The standard InChI is InChI=1S/C27H27N3O7/c1-29(26-28-23-8-3-4-9-24(23)37-26)14-15-35-20-12-10-19(11-13-20)17-30(18-25(31)32)27(33)36-22-7-5-6-21(16-22)34-2/h3-13,16H,14-15,17-18H2,1-2H3,(H,31,32). The van der Waals surface area contributed by atoms with Gasteiger partial charge < -0.3 is 28.6 Å². The van der Waals surface area contributed by atoms with Gasteiger partial charge in [-0.15, -0.1) is 0 Å². The lowest BCUT2D eigenvalue weighted by Crippen LogP contribution is -2.37. The van der Waals surface area contributed by atoms with Crippen molar-refractivity contribution in [2.75, 3.05) is 38.8 Å². The third-order valence-electron chi connectivity index (χ3n) is 5.43. The number of ether oxygens (including phenoxy) is 3. The number of benzene rings is 3. The van der Waals surface area contributed by atoms with Crippen LogP contribution in [0.5, 0.6) is 17.2 Å². The Hall–Kier alpha value is -4.73. The summed E-state index contributed by atoms with van der Waals surface area (Å²) in [4.78, 5) is 31.4. The molecule has 1 N–H and O–H groups in total. The van der Waals surface area contributed by atoms with E-state index < -0.39 is 18.6 Å². The number of hydrogen-bond donors (Lipinski definition) is 1. The number of hydrogen-bond acceptors (Lipinski definition) is 8. The molecule has 0 bridgehead atoms. The fourth-order valence-corrected chi connectivity index (χ4v) is 3.51. The number of carboxylic acid groups (broad SMARTS) is 1. The Balaban J connectivity index is 1.31. The summed E-state index contributed by atoms with van der Waals surface area (Å²) in [5, 5.41) is 9.26. The normalized spacial score (nSPS) is 10.6. The second-order valence-electron chi connectivity index (χ2n) is 8.17. The number of amides is 1. The molecule has 0 atom stereocenters. The van der Waals surface area contributed by atoms with Crippen LogP contribution in [-0.4, -0.2) is 60.9 Å². The quantitative estimate of drug-likeness (QED) is 0.316. The zero-order valence-corrected chi connectivity index (χ0v) is 20.5. The number of methoxy groups -OCH3 is 1. The van der Waals surface area contributed by atoms with Crippen molar-refractivity contribution in [2.24, 2.45) is 0 Å².